The van der Waals surface area contributed by atoms with Crippen LogP contribution in [0.5, 0.6) is 0 Å². The molecule has 0 bridgehead atoms. The molecule has 0 unspecified atom stereocenters. The van der Waals surface area contributed by atoms with E-state index < -0.39 is 0 Å². The van der Waals surface area contributed by atoms with Crippen molar-refractivity contribution in [3.05, 3.63) is 76.5 Å². The Balaban J connectivity index is 0.000000806. The van der Waals surface area contributed by atoms with Gasteiger partial charge in [-0.2, -0.15) is 9.59 Å². The molecule has 2 N–H and O–H groups in total. The number of aryl methyl sites for hydroxylation is 1. The van der Waals surface area contributed by atoms with E-state index in [9.17, 15) is 4.79 Å². The Labute approximate surface area is 177 Å². The summed E-state index contributed by atoms with van der Waals surface area (Å²) in [6.45, 7) is 2.02. The second-order valence-electron chi connectivity index (χ2n) is 6.50. The van der Waals surface area contributed by atoms with E-state index >= 15 is 0 Å². The maximum atomic E-state index is 11.8. The van der Waals surface area contributed by atoms with Crippen LogP contribution >= 0.6 is 12.2 Å². The minimum Gasteiger partial charge on any atom is -0.456 e. The van der Waals surface area contributed by atoms with Crippen LogP contribution in [0.2, 0.25) is 0 Å². The number of thiocarbonyl (C=S) groups is 1. The Hall–Kier alpha value is -3.80. The van der Waals surface area contributed by atoms with E-state index in [4.69, 9.17) is 26.2 Å². The van der Waals surface area contributed by atoms with Crippen LogP contribution in [0.4, 0.5) is 5.69 Å². The van der Waals surface area contributed by atoms with Gasteiger partial charge in [0.1, 0.15) is 11.3 Å². The molecule has 7 heteroatoms. The first-order valence-electron chi connectivity index (χ1n) is 9.02. The largest absolute Gasteiger partial charge is 0.456 e. The van der Waals surface area contributed by atoms with Crippen LogP contribution in [0.1, 0.15) is 5.56 Å². The Morgan fingerprint density at radius 3 is 2.37 bits per heavy atom. The molecule has 2 aromatic carbocycles. The van der Waals surface area contributed by atoms with Crippen LogP contribution < -0.4 is 16.1 Å². The van der Waals surface area contributed by atoms with Crippen LogP contribution in [0, 0.1) is 6.92 Å². The van der Waals surface area contributed by atoms with E-state index in [1.807, 2.05) is 43.3 Å². The first-order valence-corrected chi connectivity index (χ1v) is 9.43. The van der Waals surface area contributed by atoms with E-state index in [0.717, 1.165) is 38.9 Å². The van der Waals surface area contributed by atoms with Gasteiger partial charge in [-0.3, -0.25) is 4.79 Å². The molecule has 1 aliphatic heterocycles. The smallest absolute Gasteiger partial charge is 0.373 e. The zero-order chi connectivity index (χ0) is 21.7. The van der Waals surface area contributed by atoms with Gasteiger partial charge in [0.25, 0.3) is 0 Å². The van der Waals surface area contributed by atoms with Gasteiger partial charge in [0, 0.05) is 35.3 Å². The summed E-state index contributed by atoms with van der Waals surface area (Å²) in [5.41, 5.74) is 5.72. The summed E-state index contributed by atoms with van der Waals surface area (Å²) in [6, 6.07) is 19.1. The highest BCUT2D eigenvalue weighted by Crippen LogP contribution is 2.40. The summed E-state index contributed by atoms with van der Waals surface area (Å²) in [6.07, 6.45) is 0.250. The van der Waals surface area contributed by atoms with Crippen molar-refractivity contribution >= 4 is 40.1 Å². The number of rotatable bonds is 2. The number of nitrogens with one attached hydrogen (secondary N) is 2. The van der Waals surface area contributed by atoms with Crippen LogP contribution in [0.15, 0.2) is 69.9 Å². The minimum absolute atomic E-state index is 0.0654. The first-order chi connectivity index (χ1) is 14.5. The zero-order valence-electron chi connectivity index (χ0n) is 16.3. The molecule has 0 radical (unpaired) electrons. The van der Waals surface area contributed by atoms with Crippen molar-refractivity contribution in [3.8, 4) is 22.5 Å². The fraction of sp³-hybridized carbons (Fsp3) is 0.0870. The lowest BCUT2D eigenvalue weighted by Crippen LogP contribution is -2.23. The topological polar surface area (TPSA) is 88.4 Å². The Bertz CT molecular complexity index is 1270. The summed E-state index contributed by atoms with van der Waals surface area (Å²) in [4.78, 5) is 28.1. The van der Waals surface area contributed by atoms with Crippen LogP contribution in [0.3, 0.4) is 0 Å². The number of hydrogen-bond acceptors (Lipinski definition) is 5. The maximum Gasteiger partial charge on any atom is 0.373 e. The highest BCUT2D eigenvalue weighted by Gasteiger charge is 2.17. The van der Waals surface area contributed by atoms with E-state index in [2.05, 4.69) is 22.8 Å². The van der Waals surface area contributed by atoms with Crippen LogP contribution in [-0.4, -0.2) is 18.3 Å². The van der Waals surface area contributed by atoms with Crippen molar-refractivity contribution in [3.63, 3.8) is 0 Å². The SMILES string of the molecule is CNC(=S)Nc1ccc(-c2c3ccc(=O)cc-3oc3cc(C)ccc23)cc1.O=C=O. The highest BCUT2D eigenvalue weighted by molar-refractivity contribution is 7.80. The average molecular weight is 418 g/mol. The molecule has 0 spiro atoms. The molecule has 0 amide bonds. The summed E-state index contributed by atoms with van der Waals surface area (Å²) in [5.74, 6) is 0.592. The highest BCUT2D eigenvalue weighted by atomic mass is 32.1. The van der Waals surface area contributed by atoms with Gasteiger partial charge in [0.05, 0.1) is 0 Å². The molecule has 0 saturated heterocycles. The molecule has 0 fully saturated rings. The molecule has 2 aromatic rings. The molecule has 4 rings (SSSR count). The van der Waals surface area contributed by atoms with Gasteiger partial charge in [-0.25, -0.2) is 0 Å². The number of fused-ring (bicyclic) bond motifs is 2. The predicted octanol–water partition coefficient (Wildman–Crippen LogP) is 4.21. The minimum atomic E-state index is -0.0654. The Kier molecular flexibility index (Phi) is 6.37. The van der Waals surface area contributed by atoms with E-state index in [-0.39, 0.29) is 11.6 Å². The summed E-state index contributed by atoms with van der Waals surface area (Å²) < 4.78 is 6.02. The third-order valence-electron chi connectivity index (χ3n) is 4.51. The monoisotopic (exact) mass is 418 g/mol. The van der Waals surface area contributed by atoms with E-state index in [1.54, 1.807) is 19.2 Å². The third kappa shape index (κ3) is 4.43. The molecule has 1 aliphatic carbocycles. The maximum absolute atomic E-state index is 11.8. The number of carbonyl (C=O) groups excluding carboxylic acids is 2. The molecule has 0 saturated carbocycles. The van der Waals surface area contributed by atoms with Crippen molar-refractivity contribution < 1.29 is 14.0 Å². The van der Waals surface area contributed by atoms with Gasteiger partial charge in [0.2, 0.25) is 0 Å². The lowest BCUT2D eigenvalue weighted by atomic mass is 9.93. The zero-order valence-corrected chi connectivity index (χ0v) is 17.1. The molecular weight excluding hydrogens is 400 g/mol. The second-order valence-corrected chi connectivity index (χ2v) is 6.91. The van der Waals surface area contributed by atoms with Crippen molar-refractivity contribution in [2.75, 3.05) is 12.4 Å². The van der Waals surface area contributed by atoms with Crippen molar-refractivity contribution in [1.29, 1.82) is 0 Å². The molecule has 150 valence electrons. The molecule has 0 atom stereocenters. The van der Waals surface area contributed by atoms with Gasteiger partial charge in [-0.15, -0.1) is 0 Å². The fourth-order valence-corrected chi connectivity index (χ4v) is 3.32. The molecule has 2 aliphatic rings. The fourth-order valence-electron chi connectivity index (χ4n) is 3.20. The van der Waals surface area contributed by atoms with Crippen molar-refractivity contribution in [2.24, 2.45) is 0 Å². The van der Waals surface area contributed by atoms with Crippen LogP contribution in [0.25, 0.3) is 33.4 Å². The van der Waals surface area contributed by atoms with Crippen molar-refractivity contribution in [1.82, 2.24) is 5.32 Å². The quantitative estimate of drug-likeness (QED) is 0.372. The molecule has 0 aromatic heterocycles. The summed E-state index contributed by atoms with van der Waals surface area (Å²) >= 11 is 5.15. The van der Waals surface area contributed by atoms with Gasteiger partial charge in [0.15, 0.2) is 10.5 Å². The first kappa shape index (κ1) is 20.9. The number of benzene rings is 3. The van der Waals surface area contributed by atoms with Gasteiger partial charge in [-0.1, -0.05) is 24.3 Å². The number of anilines is 1. The van der Waals surface area contributed by atoms with Gasteiger partial charge in [-0.05, 0) is 60.6 Å². The predicted molar refractivity (Wildman–Crippen MR) is 120 cm³/mol. The van der Waals surface area contributed by atoms with Gasteiger partial charge >= 0.3 is 6.15 Å². The standard InChI is InChI=1S/C22H18N2O2S.CO2/c1-13-3-9-17-19(11-13)26-20-12-16(25)8-10-18(20)21(17)14-4-6-15(7-5-14)24-22(27)23-2;2-1-3/h3-12H,1-2H3,(H2,23,24,27);. The Morgan fingerprint density at radius 2 is 1.70 bits per heavy atom. The molecular formula is C23H18N2O4S. The molecule has 30 heavy (non-hydrogen) atoms. The third-order valence-corrected chi connectivity index (χ3v) is 4.81. The number of hydrogen-bond donors (Lipinski definition) is 2. The normalized spacial score (nSPS) is 10.1. The van der Waals surface area contributed by atoms with Crippen LogP contribution in [-0.2, 0) is 9.59 Å². The van der Waals surface area contributed by atoms with Crippen molar-refractivity contribution in [2.45, 2.75) is 6.92 Å². The summed E-state index contributed by atoms with van der Waals surface area (Å²) in [7, 11) is 1.78. The molecule has 1 heterocycles. The average Bonchev–Trinajstić information content (AvgIpc) is 2.73. The molecule has 6 nitrogen and oxygen atoms in total. The lowest BCUT2D eigenvalue weighted by molar-refractivity contribution is -0.191. The van der Waals surface area contributed by atoms with E-state index in [0.29, 0.717) is 10.9 Å². The Morgan fingerprint density at radius 1 is 1.00 bits per heavy atom. The van der Waals surface area contributed by atoms with Gasteiger partial charge < -0.3 is 15.1 Å². The van der Waals surface area contributed by atoms with E-state index in [1.165, 1.54) is 0 Å². The lowest BCUT2D eigenvalue weighted by Gasteiger charge is -2.16. The summed E-state index contributed by atoms with van der Waals surface area (Å²) in [5, 5.41) is 7.59. The second kappa shape index (κ2) is 9.13.